The number of nitriles is 1. The predicted molar refractivity (Wildman–Crippen MR) is 398 cm³/mol. The molecule has 562 valence electrons. The SMILES string of the molecule is C=C(F)C(=O)N1CCN(c2nc(OC[C@@H]3CCCN3CCOCCOCCOCCOCCOCCOCCCCCCCCCCCCCCc3cc(Cl)cc(NC(=O)NCc4ccc5c(c4)CN(C4CCC(=O)NC4=O)C5=O)c3)nc3c2CCN(c2cccc4cccc(Cl)c24)C3)C[C@@H]1CC#N. The molecule has 0 saturated carbocycles. The largest absolute Gasteiger partial charge is 0.462 e. The summed E-state index contributed by atoms with van der Waals surface area (Å²) < 4.78 is 55.1. The Kier molecular flexibility index (Phi) is 31.9. The summed E-state index contributed by atoms with van der Waals surface area (Å²) in [6.07, 6.45) is 18.6. The third-order valence-corrected chi connectivity index (χ3v) is 20.4. The quantitative estimate of drug-likeness (QED) is 0.0186. The van der Waals surface area contributed by atoms with Gasteiger partial charge in [-0.25, -0.2) is 9.18 Å². The van der Waals surface area contributed by atoms with Gasteiger partial charge in [-0.2, -0.15) is 15.2 Å². The first kappa shape index (κ1) is 79.0. The van der Waals surface area contributed by atoms with E-state index >= 15 is 0 Å². The monoisotopic (exact) mass is 1470 g/mol. The van der Waals surface area contributed by atoms with Crippen LogP contribution >= 0.6 is 23.2 Å². The standard InChI is InChI=1S/C78H102Cl2FN11O12/c1-56(81)75(95)91-33-32-90(53-63(91)27-29-82)73-66-28-31-89(69-22-15-19-59-18-14-21-67(80)72(59)69)54-68(66)85-78(87-73)104-55-64-20-16-30-88(64)34-36-99-38-40-101-42-44-103-46-45-102-43-41-100-39-37-98-35-13-11-9-7-5-3-2-4-6-8-10-12-17-57-48-61(79)50-62(49-57)84-77(97)83-51-58-23-24-65-60(47-58)52-92(76(65)96)70-25-26-71(93)86-74(70)94/h14-15,18-19,21-24,47-50,63-64,70H,1-13,16-17,20,25-28,30-46,51-55H2,(H2,83,84,97)(H,86,93,94)/t63-,64-,70?/m0/s1. The van der Waals surface area contributed by atoms with E-state index in [2.05, 4.69) is 61.5 Å². The molecule has 1 aromatic heterocycles. The highest BCUT2D eigenvalue weighted by molar-refractivity contribution is 6.36. The number of fused-ring (bicyclic) bond motifs is 3. The number of piperidine rings is 1. The van der Waals surface area contributed by atoms with Gasteiger partial charge in [0.05, 0.1) is 108 Å². The van der Waals surface area contributed by atoms with Crippen LogP contribution in [0.4, 0.5) is 26.4 Å². The zero-order valence-electron chi connectivity index (χ0n) is 60.0. The Balaban J connectivity index is 0.485. The van der Waals surface area contributed by atoms with Gasteiger partial charge in [0.2, 0.25) is 11.8 Å². The highest BCUT2D eigenvalue weighted by atomic mass is 35.5. The maximum atomic E-state index is 14.1. The number of imide groups is 1. The lowest BCUT2D eigenvalue weighted by atomic mass is 10.0. The van der Waals surface area contributed by atoms with Crippen LogP contribution in [0.1, 0.15) is 147 Å². The van der Waals surface area contributed by atoms with Crippen molar-refractivity contribution >= 4 is 80.8 Å². The smallest absolute Gasteiger partial charge is 0.319 e. The van der Waals surface area contributed by atoms with Crippen molar-refractivity contribution in [1.29, 1.82) is 5.26 Å². The Morgan fingerprint density at radius 2 is 1.35 bits per heavy atom. The topological polar surface area (TPSA) is 252 Å². The molecule has 5 aromatic rings. The molecule has 0 aliphatic carbocycles. The van der Waals surface area contributed by atoms with Gasteiger partial charge >= 0.3 is 12.0 Å². The van der Waals surface area contributed by atoms with Crippen LogP contribution < -0.4 is 30.5 Å². The fourth-order valence-electron chi connectivity index (χ4n) is 14.4. The van der Waals surface area contributed by atoms with Crippen LogP contribution in [-0.4, -0.2) is 198 Å². The normalized spacial score (nSPS) is 17.5. The Hall–Kier alpha value is -7.57. The lowest BCUT2D eigenvalue weighted by Gasteiger charge is -2.42. The Morgan fingerprint density at radius 3 is 2.03 bits per heavy atom. The number of amides is 6. The van der Waals surface area contributed by atoms with Gasteiger partial charge in [-0.3, -0.25) is 29.4 Å². The second-order valence-corrected chi connectivity index (χ2v) is 28.1. The van der Waals surface area contributed by atoms with Crippen molar-refractivity contribution in [3.63, 3.8) is 0 Å². The number of hydrogen-bond donors (Lipinski definition) is 3. The number of carbonyl (C=O) groups is 5. The van der Waals surface area contributed by atoms with E-state index in [9.17, 15) is 33.6 Å². The molecule has 5 aliphatic rings. The van der Waals surface area contributed by atoms with Crippen LogP contribution in [0.25, 0.3) is 10.8 Å². The van der Waals surface area contributed by atoms with Crippen molar-refractivity contribution in [2.75, 3.05) is 140 Å². The number of likely N-dealkylation sites (tertiary alicyclic amines) is 1. The van der Waals surface area contributed by atoms with Gasteiger partial charge in [-0.1, -0.05) is 130 Å². The average molecular weight is 1480 g/mol. The maximum absolute atomic E-state index is 14.1. The molecule has 104 heavy (non-hydrogen) atoms. The Bertz CT molecular complexity index is 3710. The highest BCUT2D eigenvalue weighted by Crippen LogP contribution is 2.38. The van der Waals surface area contributed by atoms with Gasteiger partial charge in [0.25, 0.3) is 11.8 Å². The molecular formula is C78H102Cl2FN11O12. The molecule has 0 bridgehead atoms. The van der Waals surface area contributed by atoms with Gasteiger partial charge in [0.15, 0.2) is 5.83 Å². The minimum absolute atomic E-state index is 0.0398. The molecule has 23 nitrogen and oxygen atoms in total. The van der Waals surface area contributed by atoms with E-state index in [0.29, 0.717) is 145 Å². The molecule has 10 rings (SSSR count). The molecule has 4 aromatic carbocycles. The number of piperazine rings is 1. The summed E-state index contributed by atoms with van der Waals surface area (Å²) in [5, 5.41) is 21.1. The summed E-state index contributed by atoms with van der Waals surface area (Å²) in [6, 6.07) is 24.2. The van der Waals surface area contributed by atoms with Crippen molar-refractivity contribution in [2.24, 2.45) is 0 Å². The molecule has 3 N–H and O–H groups in total. The van der Waals surface area contributed by atoms with Crippen LogP contribution in [-0.2, 0) is 75.3 Å². The molecular weight excluding hydrogens is 1370 g/mol. The Labute approximate surface area is 620 Å². The van der Waals surface area contributed by atoms with E-state index in [1.54, 1.807) is 18.2 Å². The molecule has 0 radical (unpaired) electrons. The fraction of sp³-hybridized carbons (Fsp3) is 0.564. The van der Waals surface area contributed by atoms with Gasteiger partial charge in [0, 0.05) is 97.8 Å². The van der Waals surface area contributed by atoms with Crippen molar-refractivity contribution in [2.45, 2.75) is 160 Å². The number of rotatable bonds is 44. The molecule has 26 heteroatoms. The molecule has 1 unspecified atom stereocenters. The lowest BCUT2D eigenvalue weighted by Crippen LogP contribution is -2.55. The number of halogens is 3. The van der Waals surface area contributed by atoms with E-state index < -0.39 is 29.7 Å². The van der Waals surface area contributed by atoms with Crippen molar-refractivity contribution in [1.82, 2.24) is 35.3 Å². The summed E-state index contributed by atoms with van der Waals surface area (Å²) in [7, 11) is 0. The second-order valence-electron chi connectivity index (χ2n) is 27.3. The van der Waals surface area contributed by atoms with Crippen molar-refractivity contribution < 1.29 is 61.5 Å². The third kappa shape index (κ3) is 23.7. The minimum atomic E-state index is -1.04. The first-order valence-corrected chi connectivity index (χ1v) is 38.1. The van der Waals surface area contributed by atoms with Crippen LogP contribution in [0.2, 0.25) is 10.0 Å². The molecule has 3 fully saturated rings. The Morgan fingerprint density at radius 1 is 0.683 bits per heavy atom. The van der Waals surface area contributed by atoms with E-state index in [4.69, 9.17) is 66.3 Å². The van der Waals surface area contributed by atoms with E-state index in [1.165, 1.54) is 67.6 Å². The van der Waals surface area contributed by atoms with Crippen LogP contribution in [0.5, 0.6) is 6.01 Å². The maximum Gasteiger partial charge on any atom is 0.319 e. The fourth-order valence-corrected chi connectivity index (χ4v) is 14.9. The van der Waals surface area contributed by atoms with E-state index in [-0.39, 0.29) is 62.4 Å². The molecule has 3 atom stereocenters. The molecule has 6 heterocycles. The lowest BCUT2D eigenvalue weighted by molar-refractivity contribution is -0.137. The van der Waals surface area contributed by atoms with E-state index in [0.717, 1.165) is 103 Å². The number of benzene rings is 4. The van der Waals surface area contributed by atoms with Gasteiger partial charge in [0.1, 0.15) is 18.5 Å². The van der Waals surface area contributed by atoms with Crippen LogP contribution in [0.3, 0.4) is 0 Å². The summed E-state index contributed by atoms with van der Waals surface area (Å²) >= 11 is 13.3. The van der Waals surface area contributed by atoms with Crippen molar-refractivity contribution in [3.8, 4) is 12.1 Å². The number of unbranched alkanes of at least 4 members (excludes halogenated alkanes) is 11. The molecule has 0 spiro atoms. The highest BCUT2D eigenvalue weighted by Gasteiger charge is 2.40. The zero-order valence-corrected chi connectivity index (χ0v) is 61.5. The number of aromatic nitrogens is 2. The predicted octanol–water partition coefficient (Wildman–Crippen LogP) is 11.9. The summed E-state index contributed by atoms with van der Waals surface area (Å²) in [4.78, 5) is 82.5. The van der Waals surface area contributed by atoms with Crippen molar-refractivity contribution in [3.05, 3.63) is 129 Å². The van der Waals surface area contributed by atoms with E-state index in [1.807, 2.05) is 36.4 Å². The van der Waals surface area contributed by atoms with Gasteiger partial charge in [-0.15, -0.1) is 0 Å². The summed E-state index contributed by atoms with van der Waals surface area (Å²) in [5.41, 5.74) is 6.70. The number of ether oxygens (including phenoxy) is 7. The second kappa shape index (κ2) is 41.9. The zero-order chi connectivity index (χ0) is 72.8. The number of anilines is 3. The first-order chi connectivity index (χ1) is 50.8. The van der Waals surface area contributed by atoms with Crippen LogP contribution in [0.15, 0.2) is 85.2 Å². The van der Waals surface area contributed by atoms with Crippen LogP contribution in [0, 0.1) is 11.3 Å². The molecule has 6 amide bonds. The number of hydrogen-bond acceptors (Lipinski definition) is 18. The summed E-state index contributed by atoms with van der Waals surface area (Å²) in [6.45, 7) is 14.2. The third-order valence-electron chi connectivity index (χ3n) is 19.8. The minimum Gasteiger partial charge on any atom is -0.462 e. The number of aryl methyl sites for hydroxylation is 1. The number of nitrogens with one attached hydrogen (secondary N) is 3. The molecule has 5 aliphatic heterocycles. The number of nitrogens with zero attached hydrogens (tertiary/aromatic N) is 8. The number of urea groups is 1. The molecule has 3 saturated heterocycles. The average Bonchev–Trinajstić information content (AvgIpc) is 1.76. The van der Waals surface area contributed by atoms with Gasteiger partial charge in [-0.05, 0) is 110 Å². The van der Waals surface area contributed by atoms with Gasteiger partial charge < -0.3 is 63.4 Å². The summed E-state index contributed by atoms with van der Waals surface area (Å²) in [5.74, 6) is -2.12. The number of carbonyl (C=O) groups excluding carboxylic acids is 5. The first-order valence-electron chi connectivity index (χ1n) is 37.3.